The van der Waals surface area contributed by atoms with Crippen molar-refractivity contribution >= 4 is 5.97 Å². The van der Waals surface area contributed by atoms with Crippen LogP contribution in [-0.2, 0) is 9.53 Å². The van der Waals surface area contributed by atoms with Gasteiger partial charge in [0.05, 0.1) is 19.1 Å². The van der Waals surface area contributed by atoms with E-state index >= 15 is 0 Å². The highest BCUT2D eigenvalue weighted by Gasteiger charge is 2.50. The summed E-state index contributed by atoms with van der Waals surface area (Å²) in [6.07, 6.45) is 0.934. The molecule has 0 amide bonds. The number of hydrogen-bond donors (Lipinski definition) is 2. The van der Waals surface area contributed by atoms with E-state index in [1.165, 1.54) is 0 Å². The maximum absolute atomic E-state index is 10.9. The third kappa shape index (κ3) is 1.03. The lowest BCUT2D eigenvalue weighted by Gasteiger charge is -2.48. The van der Waals surface area contributed by atoms with E-state index in [0.29, 0.717) is 19.8 Å². The van der Waals surface area contributed by atoms with Crippen LogP contribution in [0.25, 0.3) is 0 Å². The molecule has 2 saturated heterocycles. The Bertz CT molecular complexity index is 200. The van der Waals surface area contributed by atoms with E-state index in [4.69, 9.17) is 9.84 Å². The number of ether oxygens (including phenoxy) is 1. The molecule has 0 aromatic heterocycles. The first-order chi connectivity index (χ1) is 5.75. The monoisotopic (exact) mass is 171 g/mol. The molecule has 1 atom stereocenters. The predicted molar refractivity (Wildman–Crippen MR) is 41.9 cm³/mol. The molecule has 0 saturated carbocycles. The van der Waals surface area contributed by atoms with Gasteiger partial charge in [0, 0.05) is 12.0 Å². The quantitative estimate of drug-likeness (QED) is 0.568. The van der Waals surface area contributed by atoms with Crippen molar-refractivity contribution in [3.05, 3.63) is 0 Å². The standard InChI is InChI=1S/C8H13NO3/c10-7(11)6-3-9-2-1-8(6)4-12-5-8/h6,9H,1-5H2,(H,10,11). The molecule has 2 heterocycles. The fraction of sp³-hybridized carbons (Fsp3) is 0.875. The van der Waals surface area contributed by atoms with Crippen molar-refractivity contribution in [3.8, 4) is 0 Å². The summed E-state index contributed by atoms with van der Waals surface area (Å²) >= 11 is 0. The maximum Gasteiger partial charge on any atom is 0.308 e. The minimum atomic E-state index is -0.689. The Morgan fingerprint density at radius 3 is 2.75 bits per heavy atom. The van der Waals surface area contributed by atoms with Crippen molar-refractivity contribution < 1.29 is 14.6 Å². The first-order valence-corrected chi connectivity index (χ1v) is 4.26. The summed E-state index contributed by atoms with van der Waals surface area (Å²) in [4.78, 5) is 10.9. The van der Waals surface area contributed by atoms with Gasteiger partial charge in [0.2, 0.25) is 0 Å². The summed E-state index contributed by atoms with van der Waals surface area (Å²) in [7, 11) is 0. The summed E-state index contributed by atoms with van der Waals surface area (Å²) in [6, 6.07) is 0. The Hall–Kier alpha value is -0.610. The molecule has 0 aliphatic carbocycles. The molecule has 0 aromatic rings. The molecule has 0 bridgehead atoms. The van der Waals surface area contributed by atoms with Gasteiger partial charge in [0.15, 0.2) is 0 Å². The van der Waals surface area contributed by atoms with Gasteiger partial charge in [-0.1, -0.05) is 0 Å². The molecular formula is C8H13NO3. The van der Waals surface area contributed by atoms with Crippen molar-refractivity contribution in [1.29, 1.82) is 0 Å². The van der Waals surface area contributed by atoms with E-state index in [0.717, 1.165) is 13.0 Å². The Kier molecular flexibility index (Phi) is 1.81. The van der Waals surface area contributed by atoms with Crippen LogP contribution >= 0.6 is 0 Å². The van der Waals surface area contributed by atoms with Crippen LogP contribution in [0.4, 0.5) is 0 Å². The molecule has 0 aromatic carbocycles. The van der Waals surface area contributed by atoms with E-state index in [1.807, 2.05) is 0 Å². The van der Waals surface area contributed by atoms with E-state index in [1.54, 1.807) is 0 Å². The minimum absolute atomic E-state index is 0.0446. The smallest absolute Gasteiger partial charge is 0.308 e. The largest absolute Gasteiger partial charge is 0.481 e. The van der Waals surface area contributed by atoms with Crippen molar-refractivity contribution in [3.63, 3.8) is 0 Å². The van der Waals surface area contributed by atoms with Gasteiger partial charge in [0.1, 0.15) is 0 Å². The van der Waals surface area contributed by atoms with Gasteiger partial charge in [0.25, 0.3) is 0 Å². The van der Waals surface area contributed by atoms with Gasteiger partial charge in [-0.15, -0.1) is 0 Å². The molecule has 2 fully saturated rings. The summed E-state index contributed by atoms with van der Waals surface area (Å²) in [5.41, 5.74) is -0.0446. The normalized spacial score (nSPS) is 32.8. The lowest BCUT2D eigenvalue weighted by molar-refractivity contribution is -0.181. The Morgan fingerprint density at radius 1 is 1.58 bits per heavy atom. The number of aliphatic carboxylic acids is 1. The Labute approximate surface area is 70.9 Å². The molecule has 68 valence electrons. The average molecular weight is 171 g/mol. The molecule has 1 spiro atoms. The lowest BCUT2D eigenvalue weighted by Crippen LogP contribution is -2.58. The van der Waals surface area contributed by atoms with Gasteiger partial charge in [-0.25, -0.2) is 0 Å². The number of piperidine rings is 1. The van der Waals surface area contributed by atoms with E-state index in [2.05, 4.69) is 5.32 Å². The Morgan fingerprint density at radius 2 is 2.33 bits per heavy atom. The third-order valence-corrected chi connectivity index (χ3v) is 2.96. The van der Waals surface area contributed by atoms with Crippen LogP contribution in [0.3, 0.4) is 0 Å². The number of carboxylic acid groups (broad SMARTS) is 1. The van der Waals surface area contributed by atoms with Crippen LogP contribution in [0, 0.1) is 11.3 Å². The first-order valence-electron chi connectivity index (χ1n) is 4.26. The summed E-state index contributed by atoms with van der Waals surface area (Å²) in [5, 5.41) is 12.0. The van der Waals surface area contributed by atoms with Crippen LogP contribution in [0.1, 0.15) is 6.42 Å². The van der Waals surface area contributed by atoms with Crippen LogP contribution in [0.2, 0.25) is 0 Å². The zero-order valence-corrected chi connectivity index (χ0v) is 6.88. The fourth-order valence-electron chi connectivity index (χ4n) is 2.03. The number of nitrogens with one attached hydrogen (secondary N) is 1. The second-order valence-corrected chi connectivity index (χ2v) is 3.70. The molecule has 4 heteroatoms. The highest BCUT2D eigenvalue weighted by molar-refractivity contribution is 5.71. The SMILES string of the molecule is O=C(O)C1CNCCC12COC2. The fourth-order valence-corrected chi connectivity index (χ4v) is 2.03. The molecule has 1 unspecified atom stereocenters. The highest BCUT2D eigenvalue weighted by atomic mass is 16.5. The number of carboxylic acids is 1. The zero-order chi connectivity index (χ0) is 8.60. The second kappa shape index (κ2) is 2.71. The highest BCUT2D eigenvalue weighted by Crippen LogP contribution is 2.40. The summed E-state index contributed by atoms with van der Waals surface area (Å²) < 4.78 is 5.10. The van der Waals surface area contributed by atoms with Gasteiger partial charge in [-0.3, -0.25) is 4.79 Å². The van der Waals surface area contributed by atoms with Crippen LogP contribution < -0.4 is 5.32 Å². The Balaban J connectivity index is 2.11. The molecule has 4 nitrogen and oxygen atoms in total. The number of rotatable bonds is 1. The predicted octanol–water partition coefficient (Wildman–Crippen LogP) is -0.303. The second-order valence-electron chi connectivity index (χ2n) is 3.70. The van der Waals surface area contributed by atoms with Gasteiger partial charge in [-0.05, 0) is 13.0 Å². The maximum atomic E-state index is 10.9. The molecule has 2 aliphatic heterocycles. The zero-order valence-electron chi connectivity index (χ0n) is 6.88. The molecular weight excluding hydrogens is 158 g/mol. The number of carbonyl (C=O) groups is 1. The van der Waals surface area contributed by atoms with E-state index in [9.17, 15) is 4.79 Å². The van der Waals surface area contributed by atoms with Crippen molar-refractivity contribution in [2.75, 3.05) is 26.3 Å². The summed E-state index contributed by atoms with van der Waals surface area (Å²) in [5.74, 6) is -0.939. The molecule has 2 rings (SSSR count). The topological polar surface area (TPSA) is 58.6 Å². The first kappa shape index (κ1) is 8.01. The average Bonchev–Trinajstić information content (AvgIpc) is 2.01. The van der Waals surface area contributed by atoms with Gasteiger partial charge >= 0.3 is 5.97 Å². The molecule has 2 N–H and O–H groups in total. The molecule has 2 aliphatic rings. The van der Waals surface area contributed by atoms with E-state index < -0.39 is 5.97 Å². The van der Waals surface area contributed by atoms with Crippen LogP contribution in [0.5, 0.6) is 0 Å². The van der Waals surface area contributed by atoms with Crippen LogP contribution in [0.15, 0.2) is 0 Å². The number of hydrogen-bond acceptors (Lipinski definition) is 3. The van der Waals surface area contributed by atoms with Gasteiger partial charge < -0.3 is 15.2 Å². The van der Waals surface area contributed by atoms with Crippen LogP contribution in [-0.4, -0.2) is 37.4 Å². The molecule has 12 heavy (non-hydrogen) atoms. The minimum Gasteiger partial charge on any atom is -0.481 e. The van der Waals surface area contributed by atoms with Crippen molar-refractivity contribution in [2.24, 2.45) is 11.3 Å². The molecule has 0 radical (unpaired) electrons. The summed E-state index contributed by atoms with van der Waals surface area (Å²) in [6.45, 7) is 2.78. The van der Waals surface area contributed by atoms with E-state index in [-0.39, 0.29) is 11.3 Å². The van der Waals surface area contributed by atoms with Gasteiger partial charge in [-0.2, -0.15) is 0 Å². The third-order valence-electron chi connectivity index (χ3n) is 2.96. The lowest BCUT2D eigenvalue weighted by atomic mass is 9.69. The van der Waals surface area contributed by atoms with Crippen molar-refractivity contribution in [2.45, 2.75) is 6.42 Å². The van der Waals surface area contributed by atoms with Crippen molar-refractivity contribution in [1.82, 2.24) is 5.32 Å².